The van der Waals surface area contributed by atoms with Crippen molar-refractivity contribution in [3.05, 3.63) is 71.0 Å². The number of nitrogens with one attached hydrogen (secondary N) is 1. The third-order valence-electron chi connectivity index (χ3n) is 3.10. The van der Waals surface area contributed by atoms with Crippen molar-refractivity contribution in [1.82, 2.24) is 0 Å². The van der Waals surface area contributed by atoms with Gasteiger partial charge in [0.2, 0.25) is 0 Å². The fraction of sp³-hybridized carbons (Fsp3) is 0.111. The molecule has 0 radical (unpaired) electrons. The van der Waals surface area contributed by atoms with Crippen LogP contribution in [0.4, 0.5) is 10.1 Å². The summed E-state index contributed by atoms with van der Waals surface area (Å²) in [6, 6.07) is 12.7. The summed E-state index contributed by atoms with van der Waals surface area (Å²) in [5, 5.41) is 2.85. The van der Waals surface area contributed by atoms with Crippen LogP contribution in [-0.4, -0.2) is 18.0 Å². The summed E-state index contributed by atoms with van der Waals surface area (Å²) in [7, 11) is 0. The van der Waals surface area contributed by atoms with Gasteiger partial charge in [-0.3, -0.25) is 4.79 Å². The Kier molecular flexibility index (Phi) is 6.09. The minimum Gasteiger partial charge on any atom is -0.449 e. The number of carbonyl (C=O) groups excluding carboxylic acids is 2. The molecule has 0 aliphatic rings. The highest BCUT2D eigenvalue weighted by Crippen LogP contribution is 2.16. The first-order valence-corrected chi connectivity index (χ1v) is 7.54. The zero-order valence-electron chi connectivity index (χ0n) is 12.8. The Labute approximate surface area is 143 Å². The molecule has 0 saturated carbocycles. The van der Waals surface area contributed by atoms with Gasteiger partial charge in [-0.1, -0.05) is 41.9 Å². The SMILES string of the molecule is C[C@H](OC(=O)/C=C/c1ccccc1Cl)C(=O)Nc1ccccc1F. The zero-order chi connectivity index (χ0) is 17.5. The van der Waals surface area contributed by atoms with Crippen LogP contribution in [0.3, 0.4) is 0 Å². The number of rotatable bonds is 5. The molecule has 0 unspecified atom stereocenters. The minimum atomic E-state index is -1.08. The Morgan fingerprint density at radius 2 is 1.83 bits per heavy atom. The van der Waals surface area contributed by atoms with Crippen molar-refractivity contribution < 1.29 is 18.7 Å². The van der Waals surface area contributed by atoms with Gasteiger partial charge in [0, 0.05) is 11.1 Å². The molecule has 24 heavy (non-hydrogen) atoms. The van der Waals surface area contributed by atoms with Crippen LogP contribution in [0, 0.1) is 5.82 Å². The van der Waals surface area contributed by atoms with Crippen LogP contribution in [0.15, 0.2) is 54.6 Å². The van der Waals surface area contributed by atoms with Crippen LogP contribution in [0.5, 0.6) is 0 Å². The molecule has 124 valence electrons. The van der Waals surface area contributed by atoms with E-state index in [1.54, 1.807) is 30.3 Å². The lowest BCUT2D eigenvalue weighted by molar-refractivity contribution is -0.148. The van der Waals surface area contributed by atoms with Crippen molar-refractivity contribution >= 4 is 35.2 Å². The number of hydrogen-bond acceptors (Lipinski definition) is 3. The van der Waals surface area contributed by atoms with Gasteiger partial charge in [-0.2, -0.15) is 0 Å². The number of amides is 1. The molecule has 0 spiro atoms. The van der Waals surface area contributed by atoms with Crippen molar-refractivity contribution in [2.75, 3.05) is 5.32 Å². The summed E-state index contributed by atoms with van der Waals surface area (Å²) in [5.74, 6) is -1.89. The molecule has 0 aromatic heterocycles. The summed E-state index contributed by atoms with van der Waals surface area (Å²) in [6.45, 7) is 1.40. The molecular weight excluding hydrogens is 333 g/mol. The normalized spacial score (nSPS) is 12.0. The van der Waals surface area contributed by atoms with Gasteiger partial charge >= 0.3 is 5.97 Å². The fourth-order valence-corrected chi connectivity index (χ4v) is 2.03. The average molecular weight is 348 g/mol. The minimum absolute atomic E-state index is 0.0250. The van der Waals surface area contributed by atoms with E-state index >= 15 is 0 Å². The van der Waals surface area contributed by atoms with Gasteiger partial charge in [-0.25, -0.2) is 9.18 Å². The Hall–Kier alpha value is -2.66. The first-order valence-electron chi connectivity index (χ1n) is 7.16. The highest BCUT2D eigenvalue weighted by molar-refractivity contribution is 6.32. The molecule has 1 atom stereocenters. The second-order valence-electron chi connectivity index (χ2n) is 4.90. The lowest BCUT2D eigenvalue weighted by Crippen LogP contribution is -2.29. The number of benzene rings is 2. The van der Waals surface area contributed by atoms with Crippen molar-refractivity contribution in [1.29, 1.82) is 0 Å². The van der Waals surface area contributed by atoms with E-state index in [1.165, 1.54) is 37.3 Å². The van der Waals surface area contributed by atoms with E-state index in [9.17, 15) is 14.0 Å². The molecule has 1 N–H and O–H groups in total. The number of para-hydroxylation sites is 1. The average Bonchev–Trinajstić information content (AvgIpc) is 2.56. The standard InChI is InChI=1S/C18H15ClFNO3/c1-12(18(23)21-16-9-5-4-8-15(16)20)24-17(22)11-10-13-6-2-3-7-14(13)19/h2-12H,1H3,(H,21,23)/b11-10+/t12-/m0/s1. The van der Waals surface area contributed by atoms with Gasteiger partial charge in [-0.15, -0.1) is 0 Å². The second kappa shape index (κ2) is 8.26. The lowest BCUT2D eigenvalue weighted by atomic mass is 10.2. The van der Waals surface area contributed by atoms with Crippen LogP contribution >= 0.6 is 11.6 Å². The molecule has 0 saturated heterocycles. The van der Waals surface area contributed by atoms with Gasteiger partial charge < -0.3 is 10.1 Å². The maximum atomic E-state index is 13.5. The third-order valence-corrected chi connectivity index (χ3v) is 3.44. The molecule has 0 bridgehead atoms. The predicted molar refractivity (Wildman–Crippen MR) is 91.1 cm³/mol. The molecule has 2 aromatic rings. The molecule has 0 aliphatic heterocycles. The van der Waals surface area contributed by atoms with E-state index in [0.29, 0.717) is 10.6 Å². The van der Waals surface area contributed by atoms with Crippen LogP contribution < -0.4 is 5.32 Å². The first-order chi connectivity index (χ1) is 11.5. The summed E-state index contributed by atoms with van der Waals surface area (Å²) in [6.07, 6.45) is 1.59. The van der Waals surface area contributed by atoms with E-state index in [2.05, 4.69) is 5.32 Å². The topological polar surface area (TPSA) is 55.4 Å². The first kappa shape index (κ1) is 17.7. The van der Waals surface area contributed by atoms with E-state index in [1.807, 2.05) is 0 Å². The molecule has 4 nitrogen and oxygen atoms in total. The summed E-state index contributed by atoms with van der Waals surface area (Å²) in [4.78, 5) is 23.7. The molecule has 0 aliphatic carbocycles. The Morgan fingerprint density at radius 3 is 2.54 bits per heavy atom. The highest BCUT2D eigenvalue weighted by Gasteiger charge is 2.17. The molecule has 6 heteroatoms. The Bertz CT molecular complexity index is 776. The predicted octanol–water partition coefficient (Wildman–Crippen LogP) is 4.06. The molecule has 0 heterocycles. The van der Waals surface area contributed by atoms with Crippen LogP contribution in [-0.2, 0) is 14.3 Å². The summed E-state index contributed by atoms with van der Waals surface area (Å²) >= 11 is 5.97. The lowest BCUT2D eigenvalue weighted by Gasteiger charge is -2.12. The Balaban J connectivity index is 1.92. The number of esters is 1. The van der Waals surface area contributed by atoms with Crippen LogP contribution in [0.2, 0.25) is 5.02 Å². The van der Waals surface area contributed by atoms with Gasteiger partial charge in [0.25, 0.3) is 5.91 Å². The number of halogens is 2. The van der Waals surface area contributed by atoms with Crippen LogP contribution in [0.1, 0.15) is 12.5 Å². The smallest absolute Gasteiger partial charge is 0.331 e. The van der Waals surface area contributed by atoms with E-state index in [0.717, 1.165) is 0 Å². The molecule has 2 aromatic carbocycles. The zero-order valence-corrected chi connectivity index (χ0v) is 13.6. The van der Waals surface area contributed by atoms with Gasteiger partial charge in [-0.05, 0) is 36.8 Å². The van der Waals surface area contributed by atoms with Crippen molar-refractivity contribution in [3.8, 4) is 0 Å². The summed E-state index contributed by atoms with van der Waals surface area (Å²) < 4.78 is 18.5. The van der Waals surface area contributed by atoms with Crippen molar-refractivity contribution in [3.63, 3.8) is 0 Å². The molecule has 1 amide bonds. The van der Waals surface area contributed by atoms with E-state index < -0.39 is 23.8 Å². The van der Waals surface area contributed by atoms with Gasteiger partial charge in [0.15, 0.2) is 6.10 Å². The largest absolute Gasteiger partial charge is 0.449 e. The number of carbonyl (C=O) groups is 2. The summed E-state index contributed by atoms with van der Waals surface area (Å²) in [5.41, 5.74) is 0.677. The quantitative estimate of drug-likeness (QED) is 0.655. The van der Waals surface area contributed by atoms with Crippen molar-refractivity contribution in [2.24, 2.45) is 0 Å². The molecular formula is C18H15ClFNO3. The maximum Gasteiger partial charge on any atom is 0.331 e. The highest BCUT2D eigenvalue weighted by atomic mass is 35.5. The van der Waals surface area contributed by atoms with E-state index in [-0.39, 0.29) is 5.69 Å². The molecule has 2 rings (SSSR count). The molecule has 0 fully saturated rings. The van der Waals surface area contributed by atoms with E-state index in [4.69, 9.17) is 16.3 Å². The fourth-order valence-electron chi connectivity index (χ4n) is 1.83. The maximum absolute atomic E-state index is 13.5. The van der Waals surface area contributed by atoms with Gasteiger partial charge in [0.1, 0.15) is 5.82 Å². The Morgan fingerprint density at radius 1 is 1.17 bits per heavy atom. The number of anilines is 1. The van der Waals surface area contributed by atoms with Gasteiger partial charge in [0.05, 0.1) is 5.69 Å². The number of ether oxygens (including phenoxy) is 1. The van der Waals surface area contributed by atoms with Crippen molar-refractivity contribution in [2.45, 2.75) is 13.0 Å². The monoisotopic (exact) mass is 347 g/mol. The van der Waals surface area contributed by atoms with Crippen LogP contribution in [0.25, 0.3) is 6.08 Å². The third kappa shape index (κ3) is 4.93. The number of hydrogen-bond donors (Lipinski definition) is 1. The second-order valence-corrected chi connectivity index (χ2v) is 5.31.